The van der Waals surface area contributed by atoms with E-state index >= 15 is 0 Å². The highest BCUT2D eigenvalue weighted by Gasteiger charge is 2.31. The zero-order valence-corrected chi connectivity index (χ0v) is 9.84. The van der Waals surface area contributed by atoms with Crippen molar-refractivity contribution in [3.63, 3.8) is 0 Å². The molecule has 0 N–H and O–H groups in total. The maximum atomic E-state index is 12.0. The molecule has 0 bridgehead atoms. The van der Waals surface area contributed by atoms with Crippen LogP contribution in [0.4, 0.5) is 13.2 Å². The summed E-state index contributed by atoms with van der Waals surface area (Å²) in [5.41, 5.74) is 1.80. The van der Waals surface area contributed by atoms with E-state index in [0.717, 1.165) is 17.5 Å². The van der Waals surface area contributed by atoms with Gasteiger partial charge in [0.15, 0.2) is 0 Å². The van der Waals surface area contributed by atoms with Gasteiger partial charge in [0.2, 0.25) is 0 Å². The van der Waals surface area contributed by atoms with Crippen molar-refractivity contribution in [1.29, 1.82) is 0 Å². The SMILES string of the molecule is C=CC(C)Cc1ccc(OC(F)(F)F)cc1C. The fraction of sp³-hybridized carbons (Fsp3) is 0.385. The molecule has 0 saturated carbocycles. The van der Waals surface area contributed by atoms with Crippen molar-refractivity contribution in [3.05, 3.63) is 42.0 Å². The minimum absolute atomic E-state index is 0.176. The third-order valence-corrected chi connectivity index (χ3v) is 2.49. The molecular weight excluding hydrogens is 229 g/mol. The largest absolute Gasteiger partial charge is 0.573 e. The Morgan fingerprint density at radius 3 is 2.53 bits per heavy atom. The normalized spacial score (nSPS) is 13.2. The lowest BCUT2D eigenvalue weighted by Crippen LogP contribution is -2.17. The molecule has 0 aliphatic rings. The van der Waals surface area contributed by atoms with E-state index in [1.807, 2.05) is 13.0 Å². The monoisotopic (exact) mass is 244 g/mol. The molecule has 1 nitrogen and oxygen atoms in total. The fourth-order valence-corrected chi connectivity index (χ4v) is 1.52. The molecule has 0 fully saturated rings. The minimum atomic E-state index is -4.64. The van der Waals surface area contributed by atoms with Gasteiger partial charge in [0, 0.05) is 0 Å². The molecule has 1 rings (SSSR count). The zero-order chi connectivity index (χ0) is 13.1. The molecular formula is C13H15F3O. The van der Waals surface area contributed by atoms with E-state index in [4.69, 9.17) is 0 Å². The second kappa shape index (κ2) is 5.25. The first-order valence-electron chi connectivity index (χ1n) is 5.29. The number of rotatable bonds is 4. The Bertz CT molecular complexity index is 396. The molecule has 0 saturated heterocycles. The second-order valence-corrected chi connectivity index (χ2v) is 4.05. The van der Waals surface area contributed by atoms with Gasteiger partial charge in [0.05, 0.1) is 0 Å². The van der Waals surface area contributed by atoms with Crippen molar-refractivity contribution in [1.82, 2.24) is 0 Å². The average molecular weight is 244 g/mol. The number of benzene rings is 1. The zero-order valence-electron chi connectivity index (χ0n) is 9.84. The molecule has 1 unspecified atom stereocenters. The van der Waals surface area contributed by atoms with Crippen LogP contribution in [0.2, 0.25) is 0 Å². The minimum Gasteiger partial charge on any atom is -0.406 e. The summed E-state index contributed by atoms with van der Waals surface area (Å²) in [4.78, 5) is 0. The lowest BCUT2D eigenvalue weighted by Gasteiger charge is -2.13. The number of hydrogen-bond acceptors (Lipinski definition) is 1. The van der Waals surface area contributed by atoms with Gasteiger partial charge >= 0.3 is 6.36 Å². The Kier molecular flexibility index (Phi) is 4.21. The molecule has 0 amide bonds. The van der Waals surface area contributed by atoms with Gasteiger partial charge in [-0.25, -0.2) is 0 Å². The van der Waals surface area contributed by atoms with Crippen LogP contribution < -0.4 is 4.74 Å². The number of halogens is 3. The van der Waals surface area contributed by atoms with Crippen LogP contribution in [0.25, 0.3) is 0 Å². The average Bonchev–Trinajstić information content (AvgIpc) is 2.19. The molecule has 0 radical (unpaired) electrons. The van der Waals surface area contributed by atoms with E-state index in [0.29, 0.717) is 5.92 Å². The summed E-state index contributed by atoms with van der Waals surface area (Å²) < 4.78 is 39.9. The molecule has 0 aliphatic carbocycles. The quantitative estimate of drug-likeness (QED) is 0.719. The molecule has 0 aromatic heterocycles. The number of ether oxygens (including phenoxy) is 1. The first-order valence-corrected chi connectivity index (χ1v) is 5.29. The van der Waals surface area contributed by atoms with Crippen LogP contribution in [0.3, 0.4) is 0 Å². The summed E-state index contributed by atoms with van der Waals surface area (Å²) in [5.74, 6) is 0.119. The molecule has 1 aromatic carbocycles. The van der Waals surface area contributed by atoms with Gasteiger partial charge in [-0.05, 0) is 42.5 Å². The summed E-state index contributed by atoms with van der Waals surface area (Å²) in [6.07, 6.45) is -2.05. The first-order chi connectivity index (χ1) is 7.81. The summed E-state index contributed by atoms with van der Waals surface area (Å²) >= 11 is 0. The van der Waals surface area contributed by atoms with Gasteiger partial charge in [-0.1, -0.05) is 19.1 Å². The molecule has 0 aliphatic heterocycles. The standard InChI is InChI=1S/C13H15F3O/c1-4-9(2)7-11-5-6-12(8-10(11)3)17-13(14,15)16/h4-6,8-9H,1,7H2,2-3H3. The van der Waals surface area contributed by atoms with E-state index in [1.165, 1.54) is 12.1 Å². The van der Waals surface area contributed by atoms with Crippen molar-refractivity contribution in [2.24, 2.45) is 5.92 Å². The van der Waals surface area contributed by atoms with Crippen LogP contribution in [0.5, 0.6) is 5.75 Å². The molecule has 17 heavy (non-hydrogen) atoms. The van der Waals surface area contributed by atoms with E-state index < -0.39 is 6.36 Å². The third-order valence-electron chi connectivity index (χ3n) is 2.49. The summed E-state index contributed by atoms with van der Waals surface area (Å²) in [7, 11) is 0. The fourth-order valence-electron chi connectivity index (χ4n) is 1.52. The van der Waals surface area contributed by atoms with Crippen molar-refractivity contribution in [2.75, 3.05) is 0 Å². The van der Waals surface area contributed by atoms with Gasteiger partial charge in [-0.3, -0.25) is 0 Å². The van der Waals surface area contributed by atoms with Crippen molar-refractivity contribution >= 4 is 0 Å². The van der Waals surface area contributed by atoms with Gasteiger partial charge in [0.25, 0.3) is 0 Å². The molecule has 1 atom stereocenters. The third kappa shape index (κ3) is 4.51. The van der Waals surface area contributed by atoms with E-state index in [-0.39, 0.29) is 5.75 Å². The maximum Gasteiger partial charge on any atom is 0.573 e. The Morgan fingerprint density at radius 2 is 2.06 bits per heavy atom. The van der Waals surface area contributed by atoms with Crippen LogP contribution in [0, 0.1) is 12.8 Å². The lowest BCUT2D eigenvalue weighted by atomic mass is 9.97. The van der Waals surface area contributed by atoms with Gasteiger partial charge in [-0.15, -0.1) is 19.8 Å². The highest BCUT2D eigenvalue weighted by molar-refractivity contribution is 5.35. The highest BCUT2D eigenvalue weighted by Crippen LogP contribution is 2.25. The first kappa shape index (κ1) is 13.6. The summed E-state index contributed by atoms with van der Waals surface area (Å²) in [5, 5.41) is 0. The van der Waals surface area contributed by atoms with E-state index in [1.54, 1.807) is 13.0 Å². The number of aryl methyl sites for hydroxylation is 1. The molecule has 0 spiro atoms. The van der Waals surface area contributed by atoms with Crippen molar-refractivity contribution < 1.29 is 17.9 Å². The smallest absolute Gasteiger partial charge is 0.406 e. The van der Waals surface area contributed by atoms with E-state index in [9.17, 15) is 13.2 Å². The Morgan fingerprint density at radius 1 is 1.41 bits per heavy atom. The van der Waals surface area contributed by atoms with Crippen LogP contribution in [0.1, 0.15) is 18.1 Å². The molecule has 94 valence electrons. The topological polar surface area (TPSA) is 9.23 Å². The number of hydrogen-bond donors (Lipinski definition) is 0. The highest BCUT2D eigenvalue weighted by atomic mass is 19.4. The predicted octanol–water partition coefficient (Wildman–Crippen LogP) is 4.26. The molecule has 1 aromatic rings. The summed E-state index contributed by atoms with van der Waals surface area (Å²) in [6.45, 7) is 7.46. The number of alkyl halides is 3. The molecule has 4 heteroatoms. The second-order valence-electron chi connectivity index (χ2n) is 4.05. The Balaban J connectivity index is 2.83. The van der Waals surface area contributed by atoms with Crippen molar-refractivity contribution in [3.8, 4) is 5.75 Å². The summed E-state index contributed by atoms with van der Waals surface area (Å²) in [6, 6.07) is 4.40. The van der Waals surface area contributed by atoms with E-state index in [2.05, 4.69) is 11.3 Å². The Labute approximate surface area is 98.9 Å². The van der Waals surface area contributed by atoms with Crippen LogP contribution in [-0.4, -0.2) is 6.36 Å². The Hall–Kier alpha value is -1.45. The lowest BCUT2D eigenvalue weighted by molar-refractivity contribution is -0.274. The van der Waals surface area contributed by atoms with Crippen LogP contribution in [0.15, 0.2) is 30.9 Å². The van der Waals surface area contributed by atoms with Gasteiger partial charge in [0.1, 0.15) is 5.75 Å². The maximum absolute atomic E-state index is 12.0. The number of allylic oxidation sites excluding steroid dienone is 1. The van der Waals surface area contributed by atoms with Crippen LogP contribution >= 0.6 is 0 Å². The van der Waals surface area contributed by atoms with Gasteiger partial charge < -0.3 is 4.74 Å². The van der Waals surface area contributed by atoms with Crippen molar-refractivity contribution in [2.45, 2.75) is 26.6 Å². The molecule has 0 heterocycles. The van der Waals surface area contributed by atoms with Crippen LogP contribution in [-0.2, 0) is 6.42 Å². The van der Waals surface area contributed by atoms with Gasteiger partial charge in [-0.2, -0.15) is 0 Å². The predicted molar refractivity (Wildman–Crippen MR) is 60.9 cm³/mol.